The molecule has 0 saturated heterocycles. The van der Waals surface area contributed by atoms with E-state index in [0.29, 0.717) is 5.82 Å². The fraction of sp³-hybridized carbons (Fsp3) is 0.250. The summed E-state index contributed by atoms with van der Waals surface area (Å²) in [6.45, 7) is 2.80. The average Bonchev–Trinajstić information content (AvgIpc) is 3.19. The lowest BCUT2D eigenvalue weighted by molar-refractivity contribution is 0.245. The van der Waals surface area contributed by atoms with Gasteiger partial charge in [0, 0.05) is 42.7 Å². The van der Waals surface area contributed by atoms with E-state index < -0.39 is 0 Å². The highest BCUT2D eigenvalue weighted by molar-refractivity contribution is 7.16. The lowest BCUT2D eigenvalue weighted by Crippen LogP contribution is -2.30. The third-order valence-electron chi connectivity index (χ3n) is 3.76. The highest BCUT2D eigenvalue weighted by atomic mass is 35.5. The van der Waals surface area contributed by atoms with Crippen LogP contribution in [0.1, 0.15) is 16.1 Å². The maximum Gasteiger partial charge on any atom is 0.195 e. The summed E-state index contributed by atoms with van der Waals surface area (Å²) in [7, 11) is 0. The third kappa shape index (κ3) is 2.79. The minimum atomic E-state index is 0.669. The standard InChI is InChI=1S/C16H14ClN3OS/c17-15-4-3-12(22-15)10-20-6-5-13-11(9-20)8-18-16(19-13)14-2-1-7-21-14/h1-4,7-8H,5-6,9-10H2. The Bertz CT molecular complexity index is 785. The summed E-state index contributed by atoms with van der Waals surface area (Å²) >= 11 is 7.64. The Morgan fingerprint density at radius 3 is 3.05 bits per heavy atom. The van der Waals surface area contributed by atoms with Crippen LogP contribution in [-0.2, 0) is 19.5 Å². The number of aromatic nitrogens is 2. The quantitative estimate of drug-likeness (QED) is 0.727. The Balaban J connectivity index is 1.52. The van der Waals surface area contributed by atoms with E-state index in [4.69, 9.17) is 16.0 Å². The smallest absolute Gasteiger partial charge is 0.195 e. The molecule has 0 aromatic carbocycles. The molecule has 4 rings (SSSR count). The summed E-state index contributed by atoms with van der Waals surface area (Å²) in [5.41, 5.74) is 2.33. The largest absolute Gasteiger partial charge is 0.461 e. The van der Waals surface area contributed by atoms with Crippen molar-refractivity contribution in [3.63, 3.8) is 0 Å². The van der Waals surface area contributed by atoms with Crippen molar-refractivity contribution < 1.29 is 4.42 Å². The second kappa shape index (κ2) is 5.83. The van der Waals surface area contributed by atoms with E-state index in [1.807, 2.05) is 24.4 Å². The van der Waals surface area contributed by atoms with Crippen LogP contribution in [0, 0.1) is 0 Å². The highest BCUT2D eigenvalue weighted by Crippen LogP contribution is 2.26. The van der Waals surface area contributed by atoms with Gasteiger partial charge < -0.3 is 4.42 Å². The number of furan rings is 1. The second-order valence-corrected chi connectivity index (χ2v) is 7.11. The predicted molar refractivity (Wildman–Crippen MR) is 86.9 cm³/mol. The minimum absolute atomic E-state index is 0.669. The molecule has 6 heteroatoms. The first-order chi connectivity index (χ1) is 10.8. The van der Waals surface area contributed by atoms with Gasteiger partial charge in [0.2, 0.25) is 0 Å². The molecule has 0 radical (unpaired) electrons. The van der Waals surface area contributed by atoms with E-state index in [-0.39, 0.29) is 0 Å². The summed E-state index contributed by atoms with van der Waals surface area (Å²) in [4.78, 5) is 12.8. The minimum Gasteiger partial charge on any atom is -0.461 e. The Morgan fingerprint density at radius 2 is 2.27 bits per heavy atom. The fourth-order valence-electron chi connectivity index (χ4n) is 2.69. The van der Waals surface area contributed by atoms with Crippen LogP contribution in [-0.4, -0.2) is 21.4 Å². The molecule has 0 fully saturated rings. The Hall–Kier alpha value is -1.69. The molecule has 112 valence electrons. The first-order valence-electron chi connectivity index (χ1n) is 7.13. The van der Waals surface area contributed by atoms with Crippen LogP contribution in [0.15, 0.2) is 41.1 Å². The fourth-order valence-corrected chi connectivity index (χ4v) is 3.82. The van der Waals surface area contributed by atoms with Crippen LogP contribution in [0.4, 0.5) is 0 Å². The van der Waals surface area contributed by atoms with Crippen molar-refractivity contribution in [3.8, 4) is 11.6 Å². The maximum atomic E-state index is 6.00. The molecule has 0 atom stereocenters. The number of hydrogen-bond acceptors (Lipinski definition) is 5. The highest BCUT2D eigenvalue weighted by Gasteiger charge is 2.19. The number of rotatable bonds is 3. The van der Waals surface area contributed by atoms with Crippen molar-refractivity contribution in [3.05, 3.63) is 57.2 Å². The van der Waals surface area contributed by atoms with Gasteiger partial charge in [0.25, 0.3) is 0 Å². The summed E-state index contributed by atoms with van der Waals surface area (Å²) in [5, 5.41) is 0. The Morgan fingerprint density at radius 1 is 1.32 bits per heavy atom. The molecule has 0 aliphatic carbocycles. The lowest BCUT2D eigenvalue weighted by atomic mass is 10.1. The van der Waals surface area contributed by atoms with Gasteiger partial charge in [-0.25, -0.2) is 9.97 Å². The summed E-state index contributed by atoms with van der Waals surface area (Å²) in [6, 6.07) is 7.79. The van der Waals surface area contributed by atoms with Crippen LogP contribution in [0.3, 0.4) is 0 Å². The van der Waals surface area contributed by atoms with E-state index in [9.17, 15) is 0 Å². The predicted octanol–water partition coefficient (Wildman–Crippen LogP) is 4.01. The molecular weight excluding hydrogens is 318 g/mol. The van der Waals surface area contributed by atoms with Crippen molar-refractivity contribution in [2.45, 2.75) is 19.5 Å². The van der Waals surface area contributed by atoms with Crippen LogP contribution in [0.25, 0.3) is 11.6 Å². The molecule has 0 N–H and O–H groups in total. The first kappa shape index (κ1) is 13.9. The van der Waals surface area contributed by atoms with Gasteiger partial charge in [0.05, 0.1) is 16.3 Å². The van der Waals surface area contributed by atoms with Crippen LogP contribution >= 0.6 is 22.9 Å². The van der Waals surface area contributed by atoms with E-state index in [0.717, 1.165) is 41.8 Å². The van der Waals surface area contributed by atoms with Gasteiger partial charge >= 0.3 is 0 Å². The molecule has 4 nitrogen and oxygen atoms in total. The maximum absolute atomic E-state index is 6.00. The van der Waals surface area contributed by atoms with Crippen molar-refractivity contribution in [1.82, 2.24) is 14.9 Å². The Kier molecular flexibility index (Phi) is 3.70. The van der Waals surface area contributed by atoms with Crippen LogP contribution in [0.2, 0.25) is 4.34 Å². The monoisotopic (exact) mass is 331 g/mol. The number of nitrogens with zero attached hydrogens (tertiary/aromatic N) is 3. The topological polar surface area (TPSA) is 42.2 Å². The van der Waals surface area contributed by atoms with Gasteiger partial charge in [-0.2, -0.15) is 0 Å². The van der Waals surface area contributed by atoms with E-state index in [2.05, 4.69) is 20.9 Å². The molecule has 4 heterocycles. The summed E-state index contributed by atoms with van der Waals surface area (Å²) < 4.78 is 6.21. The van der Waals surface area contributed by atoms with Gasteiger partial charge in [-0.15, -0.1) is 11.3 Å². The van der Waals surface area contributed by atoms with E-state index >= 15 is 0 Å². The first-order valence-corrected chi connectivity index (χ1v) is 8.32. The molecule has 0 spiro atoms. The van der Waals surface area contributed by atoms with Gasteiger partial charge in [0.1, 0.15) is 0 Å². The van der Waals surface area contributed by atoms with Crippen molar-refractivity contribution in [2.24, 2.45) is 0 Å². The van der Waals surface area contributed by atoms with Gasteiger partial charge in [-0.3, -0.25) is 4.90 Å². The number of hydrogen-bond donors (Lipinski definition) is 0. The zero-order valence-corrected chi connectivity index (χ0v) is 13.4. The van der Waals surface area contributed by atoms with E-state index in [1.54, 1.807) is 17.6 Å². The summed E-state index contributed by atoms with van der Waals surface area (Å²) in [5.74, 6) is 1.39. The molecule has 0 bridgehead atoms. The molecule has 0 saturated carbocycles. The molecule has 22 heavy (non-hydrogen) atoms. The van der Waals surface area contributed by atoms with Gasteiger partial charge in [0.15, 0.2) is 11.6 Å². The van der Waals surface area contributed by atoms with Crippen molar-refractivity contribution in [2.75, 3.05) is 6.54 Å². The molecule has 3 aromatic rings. The average molecular weight is 332 g/mol. The number of fused-ring (bicyclic) bond motifs is 1. The van der Waals surface area contributed by atoms with E-state index in [1.165, 1.54) is 10.4 Å². The molecule has 1 aliphatic heterocycles. The summed E-state index contributed by atoms with van der Waals surface area (Å²) in [6.07, 6.45) is 4.50. The third-order valence-corrected chi connectivity index (χ3v) is 4.98. The van der Waals surface area contributed by atoms with Gasteiger partial charge in [-0.05, 0) is 24.3 Å². The zero-order valence-electron chi connectivity index (χ0n) is 11.8. The van der Waals surface area contributed by atoms with Crippen molar-refractivity contribution in [1.29, 1.82) is 0 Å². The molecule has 3 aromatic heterocycles. The molecule has 1 aliphatic rings. The SMILES string of the molecule is Clc1ccc(CN2CCc3nc(-c4ccco4)ncc3C2)s1. The number of thiophene rings is 1. The molecule has 0 unspecified atom stereocenters. The zero-order chi connectivity index (χ0) is 14.9. The second-order valence-electron chi connectivity index (χ2n) is 5.31. The number of halogens is 1. The normalized spacial score (nSPS) is 15.0. The molecule has 0 amide bonds. The van der Waals surface area contributed by atoms with Crippen molar-refractivity contribution >= 4 is 22.9 Å². The van der Waals surface area contributed by atoms with Gasteiger partial charge in [-0.1, -0.05) is 11.6 Å². The molecular formula is C16H14ClN3OS. The lowest BCUT2D eigenvalue weighted by Gasteiger charge is -2.27. The van der Waals surface area contributed by atoms with Crippen LogP contribution < -0.4 is 0 Å². The Labute approximate surface area is 137 Å². The van der Waals surface area contributed by atoms with Crippen LogP contribution in [0.5, 0.6) is 0 Å².